The topological polar surface area (TPSA) is 86.2 Å². The maximum absolute atomic E-state index is 10.6. The zero-order chi connectivity index (χ0) is 11.5. The fourth-order valence-electron chi connectivity index (χ4n) is 1.26. The Morgan fingerprint density at radius 3 is 2.81 bits per heavy atom. The second-order valence-corrected chi connectivity index (χ2v) is 3.04. The quantitative estimate of drug-likeness (QED) is 0.447. The third kappa shape index (κ3) is 1.81. The van der Waals surface area contributed by atoms with Crippen molar-refractivity contribution in [2.45, 2.75) is 0 Å². The third-order valence-corrected chi connectivity index (χ3v) is 2.00. The van der Waals surface area contributed by atoms with Crippen LogP contribution in [0.5, 0.6) is 0 Å². The summed E-state index contributed by atoms with van der Waals surface area (Å²) in [4.78, 5) is 20.4. The van der Waals surface area contributed by atoms with Crippen LogP contribution in [0.4, 0.5) is 5.69 Å². The van der Waals surface area contributed by atoms with Gasteiger partial charge in [-0.1, -0.05) is 17.3 Å². The van der Waals surface area contributed by atoms with Gasteiger partial charge in [-0.15, -0.1) is 0 Å². The van der Waals surface area contributed by atoms with E-state index in [9.17, 15) is 14.9 Å². The molecule has 0 N–H and O–H groups in total. The molecule has 0 amide bonds. The minimum atomic E-state index is -0.496. The molecule has 0 bridgehead atoms. The van der Waals surface area contributed by atoms with Crippen LogP contribution in [0.1, 0.15) is 10.6 Å². The lowest BCUT2D eigenvalue weighted by Crippen LogP contribution is -1.87. The second-order valence-electron chi connectivity index (χ2n) is 3.04. The molecule has 0 aliphatic carbocycles. The highest BCUT2D eigenvalue weighted by atomic mass is 16.6. The first kappa shape index (κ1) is 10.0. The number of carbonyl (C=O) groups excluding carboxylic acids is 1. The molecular formula is C10H6N2O4. The van der Waals surface area contributed by atoms with E-state index < -0.39 is 4.92 Å². The van der Waals surface area contributed by atoms with Gasteiger partial charge in [0.25, 0.3) is 5.69 Å². The van der Waals surface area contributed by atoms with E-state index in [1.54, 1.807) is 12.1 Å². The number of aldehydes is 1. The van der Waals surface area contributed by atoms with Gasteiger partial charge in [0.1, 0.15) is 5.69 Å². The van der Waals surface area contributed by atoms with Gasteiger partial charge in [0, 0.05) is 23.8 Å². The van der Waals surface area contributed by atoms with Crippen LogP contribution < -0.4 is 0 Å². The van der Waals surface area contributed by atoms with E-state index in [0.717, 1.165) is 0 Å². The van der Waals surface area contributed by atoms with Crippen molar-refractivity contribution < 1.29 is 14.2 Å². The molecule has 2 rings (SSSR count). The zero-order valence-corrected chi connectivity index (χ0v) is 7.99. The summed E-state index contributed by atoms with van der Waals surface area (Å²) in [5, 5.41) is 14.2. The number of carbonyl (C=O) groups is 1. The van der Waals surface area contributed by atoms with E-state index >= 15 is 0 Å². The van der Waals surface area contributed by atoms with E-state index in [4.69, 9.17) is 0 Å². The molecule has 6 heteroatoms. The van der Waals surface area contributed by atoms with Crippen LogP contribution in [-0.2, 0) is 0 Å². The van der Waals surface area contributed by atoms with Crippen molar-refractivity contribution in [2.24, 2.45) is 0 Å². The van der Waals surface area contributed by atoms with Gasteiger partial charge in [-0.3, -0.25) is 14.9 Å². The smallest absolute Gasteiger partial charge is 0.270 e. The van der Waals surface area contributed by atoms with Crippen LogP contribution in [0.15, 0.2) is 34.9 Å². The average molecular weight is 218 g/mol. The molecule has 6 nitrogen and oxygen atoms in total. The summed E-state index contributed by atoms with van der Waals surface area (Å²) in [5.74, 6) is 0.0847. The van der Waals surface area contributed by atoms with Crippen molar-refractivity contribution in [3.05, 3.63) is 46.2 Å². The Labute approximate surface area is 89.6 Å². The van der Waals surface area contributed by atoms with Gasteiger partial charge in [0.05, 0.1) is 4.92 Å². The number of hydrogen-bond donors (Lipinski definition) is 0. The Morgan fingerprint density at radius 2 is 2.19 bits per heavy atom. The fourth-order valence-corrected chi connectivity index (χ4v) is 1.26. The molecule has 0 spiro atoms. The molecular weight excluding hydrogens is 212 g/mol. The summed E-state index contributed by atoms with van der Waals surface area (Å²) in [6.07, 6.45) is 0.522. The number of non-ortho nitro benzene ring substituents is 1. The first-order valence-electron chi connectivity index (χ1n) is 4.37. The highest BCUT2D eigenvalue weighted by Crippen LogP contribution is 2.22. The van der Waals surface area contributed by atoms with E-state index in [-0.39, 0.29) is 11.4 Å². The van der Waals surface area contributed by atoms with Crippen molar-refractivity contribution in [2.75, 3.05) is 0 Å². The maximum Gasteiger partial charge on any atom is 0.270 e. The number of nitro benzene ring substituents is 1. The van der Waals surface area contributed by atoms with Crippen molar-refractivity contribution in [3.63, 3.8) is 0 Å². The maximum atomic E-state index is 10.6. The lowest BCUT2D eigenvalue weighted by molar-refractivity contribution is -0.384. The predicted molar refractivity (Wildman–Crippen MR) is 54.0 cm³/mol. The van der Waals surface area contributed by atoms with E-state index in [1.807, 2.05) is 0 Å². The molecule has 0 radical (unpaired) electrons. The Bertz CT molecular complexity index is 547. The highest BCUT2D eigenvalue weighted by Gasteiger charge is 2.10. The second kappa shape index (κ2) is 3.93. The number of nitro groups is 1. The largest absolute Gasteiger partial charge is 0.353 e. The monoisotopic (exact) mass is 218 g/mol. The Kier molecular flexibility index (Phi) is 2.47. The molecule has 0 saturated heterocycles. The minimum absolute atomic E-state index is 0.0341. The molecule has 16 heavy (non-hydrogen) atoms. The summed E-state index contributed by atoms with van der Waals surface area (Å²) in [5.41, 5.74) is 0.894. The van der Waals surface area contributed by atoms with Gasteiger partial charge < -0.3 is 4.52 Å². The number of hydrogen-bond acceptors (Lipinski definition) is 5. The molecule has 1 aromatic heterocycles. The van der Waals surface area contributed by atoms with Gasteiger partial charge in [0.15, 0.2) is 12.0 Å². The van der Waals surface area contributed by atoms with E-state index in [1.165, 1.54) is 18.2 Å². The molecule has 0 atom stereocenters. The molecule has 1 heterocycles. The van der Waals surface area contributed by atoms with Gasteiger partial charge in [-0.2, -0.15) is 0 Å². The minimum Gasteiger partial charge on any atom is -0.353 e. The van der Waals surface area contributed by atoms with Gasteiger partial charge >= 0.3 is 0 Å². The molecule has 0 fully saturated rings. The molecule has 0 aliphatic rings. The number of nitrogens with zero attached hydrogens (tertiary/aromatic N) is 2. The van der Waals surface area contributed by atoms with Crippen molar-refractivity contribution in [1.29, 1.82) is 0 Å². The molecule has 1 aromatic carbocycles. The van der Waals surface area contributed by atoms with Crippen LogP contribution >= 0.6 is 0 Å². The van der Waals surface area contributed by atoms with Crippen LogP contribution in [0.2, 0.25) is 0 Å². The average Bonchev–Trinajstić information content (AvgIpc) is 2.77. The Hall–Kier alpha value is -2.50. The van der Waals surface area contributed by atoms with E-state index in [0.29, 0.717) is 17.5 Å². The SMILES string of the molecule is O=Cc1cc(-c2cccc([N+](=O)[O-])c2)no1. The predicted octanol–water partition coefficient (Wildman–Crippen LogP) is 2.06. The summed E-state index contributed by atoms with van der Waals surface area (Å²) in [7, 11) is 0. The van der Waals surface area contributed by atoms with Crippen LogP contribution in [0, 0.1) is 10.1 Å². The summed E-state index contributed by atoms with van der Waals surface area (Å²) in [6.45, 7) is 0. The van der Waals surface area contributed by atoms with Crippen LogP contribution in [0.3, 0.4) is 0 Å². The fraction of sp³-hybridized carbons (Fsp3) is 0. The first-order chi connectivity index (χ1) is 7.70. The lowest BCUT2D eigenvalue weighted by Gasteiger charge is -1.94. The molecule has 0 aliphatic heterocycles. The highest BCUT2D eigenvalue weighted by molar-refractivity contribution is 5.74. The number of aromatic nitrogens is 1. The Morgan fingerprint density at radius 1 is 1.38 bits per heavy atom. The first-order valence-corrected chi connectivity index (χ1v) is 4.37. The van der Waals surface area contributed by atoms with E-state index in [2.05, 4.69) is 9.68 Å². The van der Waals surface area contributed by atoms with Crippen molar-refractivity contribution >= 4 is 12.0 Å². The summed E-state index contributed by atoms with van der Waals surface area (Å²) >= 11 is 0. The normalized spacial score (nSPS) is 10.0. The number of rotatable bonds is 3. The van der Waals surface area contributed by atoms with Gasteiger partial charge in [0.2, 0.25) is 0 Å². The standard InChI is InChI=1S/C10H6N2O4/c13-6-9-5-10(11-16-9)7-2-1-3-8(4-7)12(14)15/h1-6H. The zero-order valence-electron chi connectivity index (χ0n) is 7.99. The summed E-state index contributed by atoms with van der Waals surface area (Å²) in [6, 6.07) is 7.37. The molecule has 2 aromatic rings. The van der Waals surface area contributed by atoms with Gasteiger partial charge in [-0.05, 0) is 0 Å². The lowest BCUT2D eigenvalue weighted by atomic mass is 10.1. The van der Waals surface area contributed by atoms with Crippen LogP contribution in [0.25, 0.3) is 11.3 Å². The molecule has 0 saturated carbocycles. The third-order valence-electron chi connectivity index (χ3n) is 2.00. The van der Waals surface area contributed by atoms with Crippen molar-refractivity contribution in [1.82, 2.24) is 5.16 Å². The molecule has 0 unspecified atom stereocenters. The Balaban J connectivity index is 2.43. The summed E-state index contributed by atoms with van der Waals surface area (Å²) < 4.78 is 4.68. The molecule has 80 valence electrons. The van der Waals surface area contributed by atoms with Crippen molar-refractivity contribution in [3.8, 4) is 11.3 Å². The van der Waals surface area contributed by atoms with Gasteiger partial charge in [-0.25, -0.2) is 0 Å². The number of benzene rings is 1. The van der Waals surface area contributed by atoms with Crippen LogP contribution in [-0.4, -0.2) is 16.4 Å².